The molecule has 1 N–H and O–H groups in total. The number of para-hydroxylation sites is 1. The Balaban J connectivity index is 1.21. The van der Waals surface area contributed by atoms with E-state index in [0.717, 1.165) is 16.7 Å². The quantitative estimate of drug-likeness (QED) is 0.288. The van der Waals surface area contributed by atoms with Crippen LogP contribution in [0.2, 0.25) is 0 Å². The van der Waals surface area contributed by atoms with Crippen molar-refractivity contribution in [2.45, 2.75) is 12.3 Å². The predicted octanol–water partition coefficient (Wildman–Crippen LogP) is 4.52. The molecule has 8 nitrogen and oxygen atoms in total. The highest BCUT2D eigenvalue weighted by molar-refractivity contribution is 5.77. The first-order valence-corrected chi connectivity index (χ1v) is 12.1. The molecule has 0 spiro atoms. The average Bonchev–Trinajstić information content (AvgIpc) is 3.38. The minimum absolute atomic E-state index is 0.0190. The third-order valence-electron chi connectivity index (χ3n) is 6.05. The second-order valence-electron chi connectivity index (χ2n) is 8.44. The second-order valence-corrected chi connectivity index (χ2v) is 8.44. The van der Waals surface area contributed by atoms with Crippen molar-refractivity contribution >= 4 is 11.6 Å². The molecule has 0 unspecified atom stereocenters. The number of rotatable bonds is 10. The van der Waals surface area contributed by atoms with Crippen LogP contribution in [0.15, 0.2) is 97.1 Å². The van der Waals surface area contributed by atoms with E-state index in [1.165, 1.54) is 0 Å². The van der Waals surface area contributed by atoms with Crippen molar-refractivity contribution in [3.63, 3.8) is 0 Å². The summed E-state index contributed by atoms with van der Waals surface area (Å²) in [4.78, 5) is 12.8. The van der Waals surface area contributed by atoms with Crippen LogP contribution in [0.4, 0.5) is 0 Å². The number of nitrogens with zero attached hydrogens (tertiary/aromatic N) is 4. The summed E-state index contributed by atoms with van der Waals surface area (Å²) < 4.78 is 12.9. The van der Waals surface area contributed by atoms with Crippen molar-refractivity contribution in [3.05, 3.63) is 108 Å². The van der Waals surface area contributed by atoms with Crippen LogP contribution >= 0.6 is 0 Å². The highest BCUT2D eigenvalue weighted by atomic mass is 16.5. The third-order valence-corrected chi connectivity index (χ3v) is 6.05. The van der Waals surface area contributed by atoms with Crippen LogP contribution < -0.4 is 14.8 Å². The minimum atomic E-state index is -0.0398. The highest BCUT2D eigenvalue weighted by Crippen LogP contribution is 2.29. The Hall–Kier alpha value is -4.72. The molecule has 2 heterocycles. The van der Waals surface area contributed by atoms with Crippen molar-refractivity contribution in [1.82, 2.24) is 25.1 Å². The summed E-state index contributed by atoms with van der Waals surface area (Å²) in [5.74, 6) is 1.58. The smallest absolute Gasteiger partial charge is 0.231 e. The number of amides is 1. The van der Waals surface area contributed by atoms with Crippen molar-refractivity contribution < 1.29 is 14.3 Å². The fraction of sp³-hybridized carbons (Fsp3) is 0.172. The molecule has 0 fully saturated rings. The zero-order valence-electron chi connectivity index (χ0n) is 20.4. The number of ether oxygens (including phenoxy) is 2. The first-order chi connectivity index (χ1) is 18.2. The lowest BCUT2D eigenvalue weighted by Gasteiger charge is -2.18. The van der Waals surface area contributed by atoms with Crippen molar-refractivity contribution in [2.75, 3.05) is 20.3 Å². The molecule has 0 atom stereocenters. The molecule has 8 heteroatoms. The number of nitrogens with one attached hydrogen (secondary N) is 1. The van der Waals surface area contributed by atoms with Crippen LogP contribution in [0.1, 0.15) is 23.5 Å². The maximum Gasteiger partial charge on any atom is 0.231 e. The summed E-state index contributed by atoms with van der Waals surface area (Å²) in [5, 5.41) is 16.0. The van der Waals surface area contributed by atoms with Crippen molar-refractivity contribution in [2.24, 2.45) is 0 Å². The summed E-state index contributed by atoms with van der Waals surface area (Å²) in [7, 11) is 1.61. The van der Waals surface area contributed by atoms with Crippen LogP contribution in [0.5, 0.6) is 11.6 Å². The zero-order valence-corrected chi connectivity index (χ0v) is 20.4. The highest BCUT2D eigenvalue weighted by Gasteiger charge is 2.18. The number of fused-ring (bicyclic) bond motifs is 1. The van der Waals surface area contributed by atoms with E-state index >= 15 is 0 Å². The molecule has 0 bridgehead atoms. The van der Waals surface area contributed by atoms with E-state index in [2.05, 4.69) is 44.9 Å². The van der Waals surface area contributed by atoms with E-state index in [0.29, 0.717) is 36.1 Å². The Kier molecular flexibility index (Phi) is 7.36. The number of methoxy groups -OCH3 is 1. The topological polar surface area (TPSA) is 90.6 Å². The van der Waals surface area contributed by atoms with Gasteiger partial charge in [-0.1, -0.05) is 72.8 Å². The van der Waals surface area contributed by atoms with E-state index in [-0.39, 0.29) is 18.4 Å². The van der Waals surface area contributed by atoms with E-state index in [4.69, 9.17) is 9.47 Å². The van der Waals surface area contributed by atoms with Gasteiger partial charge in [-0.25, -0.2) is 0 Å². The van der Waals surface area contributed by atoms with Crippen LogP contribution in [0.25, 0.3) is 17.0 Å². The van der Waals surface area contributed by atoms with Gasteiger partial charge >= 0.3 is 0 Å². The fourth-order valence-corrected chi connectivity index (χ4v) is 4.25. The number of aromatic nitrogens is 4. The molecule has 5 rings (SSSR count). The van der Waals surface area contributed by atoms with Gasteiger partial charge in [0.15, 0.2) is 11.5 Å². The van der Waals surface area contributed by atoms with E-state index in [1.54, 1.807) is 23.8 Å². The van der Waals surface area contributed by atoms with Gasteiger partial charge in [-0.15, -0.1) is 15.3 Å². The largest absolute Gasteiger partial charge is 0.496 e. The summed E-state index contributed by atoms with van der Waals surface area (Å²) in [5.41, 5.74) is 3.59. The van der Waals surface area contributed by atoms with Gasteiger partial charge in [0.25, 0.3) is 0 Å². The molecule has 1 amide bonds. The number of carbonyl (C=O) groups is 1. The molecule has 3 aromatic carbocycles. The minimum Gasteiger partial charge on any atom is -0.496 e. The number of hydrogen-bond acceptors (Lipinski definition) is 6. The lowest BCUT2D eigenvalue weighted by atomic mass is 9.88. The van der Waals surface area contributed by atoms with Crippen LogP contribution in [-0.2, 0) is 4.79 Å². The number of benzene rings is 3. The van der Waals surface area contributed by atoms with Gasteiger partial charge in [0, 0.05) is 18.4 Å². The Labute approximate surface area is 214 Å². The van der Waals surface area contributed by atoms with Crippen molar-refractivity contribution in [1.29, 1.82) is 0 Å². The summed E-state index contributed by atoms with van der Waals surface area (Å²) in [6.07, 6.45) is 0.348. The third kappa shape index (κ3) is 5.59. The first-order valence-electron chi connectivity index (χ1n) is 12.1. The van der Waals surface area contributed by atoms with Crippen LogP contribution in [0, 0.1) is 0 Å². The van der Waals surface area contributed by atoms with Crippen LogP contribution in [-0.4, -0.2) is 46.0 Å². The first kappa shape index (κ1) is 24.0. The SMILES string of the molecule is COc1ccccc1-c1nnc2ccc(OCCNC(=O)CC(c3ccccc3)c3ccccc3)nn12. The van der Waals surface area contributed by atoms with Crippen LogP contribution in [0.3, 0.4) is 0 Å². The molecule has 0 aliphatic rings. The average molecular weight is 494 g/mol. The normalized spacial score (nSPS) is 11.0. The monoisotopic (exact) mass is 493 g/mol. The van der Waals surface area contributed by atoms with Gasteiger partial charge in [0.1, 0.15) is 12.4 Å². The molecular formula is C29H27N5O3. The maximum atomic E-state index is 12.8. The molecule has 37 heavy (non-hydrogen) atoms. The molecule has 0 saturated carbocycles. The van der Waals surface area contributed by atoms with E-state index in [1.807, 2.05) is 60.7 Å². The Morgan fingerprint density at radius 1 is 0.865 bits per heavy atom. The summed E-state index contributed by atoms with van der Waals surface area (Å²) in [6.45, 7) is 0.633. The molecule has 2 aromatic heterocycles. The summed E-state index contributed by atoms with van der Waals surface area (Å²) in [6, 6.07) is 31.2. The number of hydrogen-bond donors (Lipinski definition) is 1. The molecule has 0 saturated heterocycles. The fourth-order valence-electron chi connectivity index (χ4n) is 4.25. The Morgan fingerprint density at radius 2 is 1.54 bits per heavy atom. The van der Waals surface area contributed by atoms with Crippen molar-refractivity contribution in [3.8, 4) is 23.0 Å². The second kappa shape index (κ2) is 11.3. The Morgan fingerprint density at radius 3 is 2.24 bits per heavy atom. The molecule has 186 valence electrons. The predicted molar refractivity (Wildman–Crippen MR) is 141 cm³/mol. The molecular weight excluding hydrogens is 466 g/mol. The van der Waals surface area contributed by atoms with E-state index < -0.39 is 0 Å². The summed E-state index contributed by atoms with van der Waals surface area (Å²) >= 11 is 0. The van der Waals surface area contributed by atoms with Gasteiger partial charge in [-0.05, 0) is 29.3 Å². The van der Waals surface area contributed by atoms with Gasteiger partial charge in [-0.3, -0.25) is 4.79 Å². The molecule has 0 aliphatic carbocycles. The van der Waals surface area contributed by atoms with Gasteiger partial charge in [0.05, 0.1) is 19.2 Å². The standard InChI is InChI=1S/C29H27N5O3/c1-36-25-15-9-8-14-23(25)29-32-31-26-16-17-28(33-34(26)29)37-19-18-30-27(35)20-24(21-10-4-2-5-11-21)22-12-6-3-7-13-22/h2-17,24H,18-20H2,1H3,(H,30,35). The number of carbonyl (C=O) groups excluding carboxylic acids is 1. The molecule has 5 aromatic rings. The Bertz CT molecular complexity index is 1430. The van der Waals surface area contributed by atoms with Gasteiger partial charge < -0.3 is 14.8 Å². The maximum absolute atomic E-state index is 12.8. The lowest BCUT2D eigenvalue weighted by molar-refractivity contribution is -0.121. The van der Waals surface area contributed by atoms with Gasteiger partial charge in [0.2, 0.25) is 11.8 Å². The lowest BCUT2D eigenvalue weighted by Crippen LogP contribution is -2.29. The zero-order chi connectivity index (χ0) is 25.5. The van der Waals surface area contributed by atoms with Gasteiger partial charge in [-0.2, -0.15) is 4.52 Å². The molecule has 0 aliphatic heterocycles. The van der Waals surface area contributed by atoms with E-state index in [9.17, 15) is 4.79 Å². The molecule has 0 radical (unpaired) electrons.